The molecule has 3 saturated carbocycles. The topological polar surface area (TPSA) is 26.3 Å². The van der Waals surface area contributed by atoms with E-state index < -0.39 is 0 Å². The van der Waals surface area contributed by atoms with Gasteiger partial charge in [-0.2, -0.15) is 0 Å². The second-order valence-corrected chi connectivity index (χ2v) is 6.81. The Kier molecular flexibility index (Phi) is 2.53. The van der Waals surface area contributed by atoms with Crippen LogP contribution in [0, 0.1) is 29.1 Å². The molecular weight excluding hydrogens is 212 g/mol. The van der Waals surface area contributed by atoms with Gasteiger partial charge in [0.15, 0.2) is 0 Å². The first-order chi connectivity index (χ1) is 8.04. The van der Waals surface area contributed by atoms with Crippen LogP contribution in [0.2, 0.25) is 0 Å². The number of ether oxygens (including phenoxy) is 1. The molecule has 0 radical (unpaired) electrons. The predicted octanol–water partition coefficient (Wildman–Crippen LogP) is 3.40. The maximum atomic E-state index is 11.3. The fourth-order valence-electron chi connectivity index (χ4n) is 5.31. The summed E-state index contributed by atoms with van der Waals surface area (Å²) in [5.74, 6) is 3.04. The third-order valence-electron chi connectivity index (χ3n) is 5.97. The average molecular weight is 236 g/mol. The summed E-state index contributed by atoms with van der Waals surface area (Å²) in [4.78, 5) is 11.3. The van der Waals surface area contributed by atoms with Crippen molar-refractivity contribution in [2.45, 2.75) is 59.0 Å². The lowest BCUT2D eigenvalue weighted by molar-refractivity contribution is -0.158. The van der Waals surface area contributed by atoms with E-state index in [1.165, 1.54) is 32.1 Å². The smallest absolute Gasteiger partial charge is 0.302 e. The van der Waals surface area contributed by atoms with Crippen LogP contribution in [0.4, 0.5) is 0 Å². The first kappa shape index (κ1) is 11.6. The Morgan fingerprint density at radius 2 is 1.94 bits per heavy atom. The fraction of sp³-hybridized carbons (Fsp3) is 0.933. The van der Waals surface area contributed by atoms with E-state index in [-0.39, 0.29) is 12.1 Å². The van der Waals surface area contributed by atoms with E-state index in [1.54, 1.807) is 6.92 Å². The van der Waals surface area contributed by atoms with Crippen LogP contribution < -0.4 is 0 Å². The monoisotopic (exact) mass is 236 g/mol. The molecule has 0 aliphatic heterocycles. The van der Waals surface area contributed by atoms with E-state index in [0.717, 1.165) is 17.8 Å². The summed E-state index contributed by atoms with van der Waals surface area (Å²) in [7, 11) is 0. The number of rotatable bonds is 1. The highest BCUT2D eigenvalue weighted by Gasteiger charge is 2.64. The molecule has 2 nitrogen and oxygen atoms in total. The van der Waals surface area contributed by atoms with Crippen molar-refractivity contribution in [3.05, 3.63) is 0 Å². The molecule has 3 aliphatic carbocycles. The van der Waals surface area contributed by atoms with Gasteiger partial charge in [0.1, 0.15) is 6.10 Å². The van der Waals surface area contributed by atoms with E-state index in [1.807, 2.05) is 0 Å². The van der Waals surface area contributed by atoms with Gasteiger partial charge in [-0.3, -0.25) is 4.79 Å². The van der Waals surface area contributed by atoms with Crippen LogP contribution in [0.1, 0.15) is 52.9 Å². The van der Waals surface area contributed by atoms with E-state index in [9.17, 15) is 4.79 Å². The molecule has 0 unspecified atom stereocenters. The van der Waals surface area contributed by atoms with E-state index in [0.29, 0.717) is 11.3 Å². The maximum absolute atomic E-state index is 11.3. The Hall–Kier alpha value is -0.530. The van der Waals surface area contributed by atoms with Crippen LogP contribution in [0.25, 0.3) is 0 Å². The van der Waals surface area contributed by atoms with Crippen molar-refractivity contribution in [3.8, 4) is 0 Å². The lowest BCUT2D eigenvalue weighted by Gasteiger charge is -2.43. The fourth-order valence-corrected chi connectivity index (χ4v) is 5.31. The Balaban J connectivity index is 1.90. The number of esters is 1. The zero-order chi connectivity index (χ0) is 12.2. The largest absolute Gasteiger partial charge is 0.462 e. The average Bonchev–Trinajstić information content (AvgIpc) is 2.72. The highest BCUT2D eigenvalue weighted by atomic mass is 16.5. The van der Waals surface area contributed by atoms with Crippen LogP contribution in [-0.2, 0) is 9.53 Å². The van der Waals surface area contributed by atoms with Gasteiger partial charge in [0.05, 0.1) is 0 Å². The van der Waals surface area contributed by atoms with Gasteiger partial charge in [-0.15, -0.1) is 0 Å². The van der Waals surface area contributed by atoms with Gasteiger partial charge in [0, 0.05) is 12.3 Å². The van der Waals surface area contributed by atoms with Crippen molar-refractivity contribution in [1.82, 2.24) is 0 Å². The molecule has 0 aromatic heterocycles. The van der Waals surface area contributed by atoms with Crippen molar-refractivity contribution in [2.75, 3.05) is 0 Å². The van der Waals surface area contributed by atoms with Gasteiger partial charge in [-0.1, -0.05) is 20.3 Å². The molecule has 2 heteroatoms. The molecule has 0 aromatic rings. The minimum Gasteiger partial charge on any atom is -0.462 e. The summed E-state index contributed by atoms with van der Waals surface area (Å²) < 4.78 is 5.71. The van der Waals surface area contributed by atoms with Crippen molar-refractivity contribution >= 4 is 5.97 Å². The summed E-state index contributed by atoms with van der Waals surface area (Å²) in [5.41, 5.74) is 0.363. The van der Waals surface area contributed by atoms with E-state index in [4.69, 9.17) is 4.74 Å². The van der Waals surface area contributed by atoms with Gasteiger partial charge >= 0.3 is 5.97 Å². The number of hydrogen-bond acceptors (Lipinski definition) is 2. The SMILES string of the molecule is CC(=O)O[C@H]1[C@@H](C)[C@H]2CC[C@@]13CC[C@@H](C)C[C@@H]23. The molecule has 2 bridgehead atoms. The van der Waals surface area contributed by atoms with Gasteiger partial charge in [-0.25, -0.2) is 0 Å². The Bertz CT molecular complexity index is 338. The summed E-state index contributed by atoms with van der Waals surface area (Å²) in [6.45, 7) is 6.26. The minimum atomic E-state index is -0.0823. The summed E-state index contributed by atoms with van der Waals surface area (Å²) in [5, 5.41) is 0. The van der Waals surface area contributed by atoms with Crippen molar-refractivity contribution in [3.63, 3.8) is 0 Å². The number of carbonyl (C=O) groups is 1. The highest BCUT2D eigenvalue weighted by molar-refractivity contribution is 5.66. The normalized spacial score (nSPS) is 52.3. The zero-order valence-electron chi connectivity index (χ0n) is 11.2. The number of carbonyl (C=O) groups excluding carboxylic acids is 1. The molecule has 0 heterocycles. The van der Waals surface area contributed by atoms with Crippen molar-refractivity contribution in [2.24, 2.45) is 29.1 Å². The third kappa shape index (κ3) is 1.49. The molecule has 96 valence electrons. The summed E-state index contributed by atoms with van der Waals surface area (Å²) in [6.07, 6.45) is 6.88. The summed E-state index contributed by atoms with van der Waals surface area (Å²) in [6, 6.07) is 0. The second-order valence-electron chi connectivity index (χ2n) is 6.81. The lowest BCUT2D eigenvalue weighted by Crippen LogP contribution is -2.42. The number of hydrogen-bond donors (Lipinski definition) is 0. The Morgan fingerprint density at radius 1 is 1.24 bits per heavy atom. The Morgan fingerprint density at radius 3 is 2.65 bits per heavy atom. The maximum Gasteiger partial charge on any atom is 0.302 e. The molecular formula is C15H24O2. The lowest BCUT2D eigenvalue weighted by atomic mass is 9.65. The van der Waals surface area contributed by atoms with Gasteiger partial charge in [0.2, 0.25) is 0 Å². The zero-order valence-corrected chi connectivity index (χ0v) is 11.2. The summed E-state index contributed by atoms with van der Waals surface area (Å²) >= 11 is 0. The van der Waals surface area contributed by atoms with Gasteiger partial charge in [-0.05, 0) is 49.4 Å². The van der Waals surface area contributed by atoms with E-state index in [2.05, 4.69) is 13.8 Å². The standard InChI is InChI=1S/C15H24O2/c1-9-4-6-15-7-5-12(13(15)8-9)10(2)14(15)17-11(3)16/h9-10,12-14H,4-8H2,1-3H3/t9-,10+,12-,13+,14+,15-/m1/s1. The van der Waals surface area contributed by atoms with E-state index >= 15 is 0 Å². The van der Waals surface area contributed by atoms with Gasteiger partial charge < -0.3 is 4.74 Å². The highest BCUT2D eigenvalue weighted by Crippen LogP contribution is 2.67. The van der Waals surface area contributed by atoms with Crippen LogP contribution >= 0.6 is 0 Å². The molecule has 0 N–H and O–H groups in total. The molecule has 3 aliphatic rings. The molecule has 6 atom stereocenters. The van der Waals surface area contributed by atoms with Crippen molar-refractivity contribution < 1.29 is 9.53 Å². The van der Waals surface area contributed by atoms with Crippen molar-refractivity contribution in [1.29, 1.82) is 0 Å². The molecule has 0 amide bonds. The van der Waals surface area contributed by atoms with Crippen LogP contribution in [0.5, 0.6) is 0 Å². The minimum absolute atomic E-state index is 0.0823. The van der Waals surface area contributed by atoms with Crippen LogP contribution in [0.3, 0.4) is 0 Å². The van der Waals surface area contributed by atoms with Crippen LogP contribution in [-0.4, -0.2) is 12.1 Å². The predicted molar refractivity (Wildman–Crippen MR) is 66.4 cm³/mol. The molecule has 3 fully saturated rings. The third-order valence-corrected chi connectivity index (χ3v) is 5.97. The first-order valence-electron chi connectivity index (χ1n) is 7.22. The molecule has 0 aromatic carbocycles. The second kappa shape index (κ2) is 3.73. The van der Waals surface area contributed by atoms with Crippen LogP contribution in [0.15, 0.2) is 0 Å². The first-order valence-corrected chi connectivity index (χ1v) is 7.22. The molecule has 17 heavy (non-hydrogen) atoms. The molecule has 3 rings (SSSR count). The van der Waals surface area contributed by atoms with Gasteiger partial charge in [0.25, 0.3) is 0 Å². The molecule has 0 saturated heterocycles. The quantitative estimate of drug-likeness (QED) is 0.652. The Labute approximate surface area is 104 Å². The molecule has 0 spiro atoms.